The van der Waals surface area contributed by atoms with Gasteiger partial charge in [-0.1, -0.05) is 30.9 Å². The van der Waals surface area contributed by atoms with Crippen LogP contribution < -0.4 is 0 Å². The van der Waals surface area contributed by atoms with Gasteiger partial charge >= 0.3 is 0 Å². The van der Waals surface area contributed by atoms with E-state index in [0.29, 0.717) is 11.4 Å². The molecule has 0 aliphatic heterocycles. The molecule has 18 heavy (non-hydrogen) atoms. The average Bonchev–Trinajstić information content (AvgIpc) is 2.40. The number of pyridine rings is 1. The number of rotatable bonds is 5. The fourth-order valence-corrected chi connectivity index (χ4v) is 3.84. The lowest BCUT2D eigenvalue weighted by atomic mass is 10.0. The first-order valence-electron chi connectivity index (χ1n) is 6.64. The molecule has 0 spiro atoms. The van der Waals surface area contributed by atoms with E-state index in [1.54, 1.807) is 12.4 Å². The van der Waals surface area contributed by atoms with Gasteiger partial charge in [0.1, 0.15) is 0 Å². The molecule has 1 aromatic rings. The normalized spacial score (nSPS) is 18.8. The zero-order chi connectivity index (χ0) is 12.8. The van der Waals surface area contributed by atoms with Crippen LogP contribution >= 0.6 is 23.4 Å². The van der Waals surface area contributed by atoms with Crippen molar-refractivity contribution < 1.29 is 5.11 Å². The first kappa shape index (κ1) is 14.2. The minimum absolute atomic E-state index is 0.308. The average molecular weight is 286 g/mol. The number of aliphatic hydroxyl groups is 1. The molecule has 1 heterocycles. The predicted molar refractivity (Wildman–Crippen MR) is 78.3 cm³/mol. The standard InChI is InChI=1S/C14H20ClNOS/c15-14-9-16-7-6-11(14)8-12(17)10-18-13-4-2-1-3-5-13/h6-7,9,12-13,17H,1-5,8,10H2. The Hall–Kier alpha value is -0.250. The Kier molecular flexibility index (Phi) is 5.80. The Morgan fingerprint density at radius 3 is 2.89 bits per heavy atom. The second-order valence-electron chi connectivity index (χ2n) is 4.92. The number of aliphatic hydroxyl groups excluding tert-OH is 1. The molecule has 2 rings (SSSR count). The fourth-order valence-electron chi connectivity index (χ4n) is 2.36. The summed E-state index contributed by atoms with van der Waals surface area (Å²) in [5.74, 6) is 0.809. The van der Waals surface area contributed by atoms with E-state index in [-0.39, 0.29) is 6.10 Å². The van der Waals surface area contributed by atoms with Crippen molar-refractivity contribution >= 4 is 23.4 Å². The minimum atomic E-state index is -0.308. The van der Waals surface area contributed by atoms with Crippen molar-refractivity contribution in [3.63, 3.8) is 0 Å². The zero-order valence-corrected chi connectivity index (χ0v) is 12.1. The van der Waals surface area contributed by atoms with Crippen LogP contribution in [0.25, 0.3) is 0 Å². The van der Waals surface area contributed by atoms with Gasteiger partial charge in [0.05, 0.1) is 11.1 Å². The summed E-state index contributed by atoms with van der Waals surface area (Å²) in [6, 6.07) is 1.89. The minimum Gasteiger partial charge on any atom is -0.392 e. The quantitative estimate of drug-likeness (QED) is 0.895. The summed E-state index contributed by atoms with van der Waals surface area (Å²) in [6.07, 6.45) is 10.4. The van der Waals surface area contributed by atoms with E-state index in [2.05, 4.69) is 4.98 Å². The summed E-state index contributed by atoms with van der Waals surface area (Å²) < 4.78 is 0. The van der Waals surface area contributed by atoms with Crippen molar-refractivity contribution in [3.8, 4) is 0 Å². The smallest absolute Gasteiger partial charge is 0.0671 e. The second-order valence-corrected chi connectivity index (χ2v) is 6.66. The molecule has 1 saturated carbocycles. The summed E-state index contributed by atoms with van der Waals surface area (Å²) in [4.78, 5) is 3.95. The van der Waals surface area contributed by atoms with Gasteiger partial charge in [0.2, 0.25) is 0 Å². The highest BCUT2D eigenvalue weighted by atomic mass is 35.5. The van der Waals surface area contributed by atoms with Gasteiger partial charge in [-0.2, -0.15) is 11.8 Å². The molecule has 1 atom stereocenters. The predicted octanol–water partition coefficient (Wildman–Crippen LogP) is 3.70. The van der Waals surface area contributed by atoms with E-state index < -0.39 is 0 Å². The maximum atomic E-state index is 10.1. The van der Waals surface area contributed by atoms with Crippen LogP contribution in [0.4, 0.5) is 0 Å². The van der Waals surface area contributed by atoms with Gasteiger partial charge < -0.3 is 5.11 Å². The first-order valence-corrected chi connectivity index (χ1v) is 8.06. The van der Waals surface area contributed by atoms with Crippen LogP contribution in [0, 0.1) is 0 Å². The third-order valence-electron chi connectivity index (χ3n) is 3.39. The highest BCUT2D eigenvalue weighted by Gasteiger charge is 2.16. The van der Waals surface area contributed by atoms with Gasteiger partial charge in [0.15, 0.2) is 0 Å². The van der Waals surface area contributed by atoms with Crippen molar-refractivity contribution in [1.29, 1.82) is 0 Å². The zero-order valence-electron chi connectivity index (χ0n) is 10.5. The summed E-state index contributed by atoms with van der Waals surface area (Å²) in [5, 5.41) is 11.5. The van der Waals surface area contributed by atoms with Crippen LogP contribution in [0.5, 0.6) is 0 Å². The van der Waals surface area contributed by atoms with Crippen LogP contribution in [-0.2, 0) is 6.42 Å². The van der Waals surface area contributed by atoms with Crippen molar-refractivity contribution in [2.75, 3.05) is 5.75 Å². The molecule has 4 heteroatoms. The van der Waals surface area contributed by atoms with E-state index in [1.165, 1.54) is 32.1 Å². The number of thioether (sulfide) groups is 1. The van der Waals surface area contributed by atoms with Gasteiger partial charge in [-0.05, 0) is 24.5 Å². The SMILES string of the molecule is OC(CSC1CCCCC1)Cc1ccncc1Cl. The third-order valence-corrected chi connectivity index (χ3v) is 5.25. The summed E-state index contributed by atoms with van der Waals surface area (Å²) in [6.45, 7) is 0. The largest absolute Gasteiger partial charge is 0.392 e. The molecule has 1 fully saturated rings. The van der Waals surface area contributed by atoms with Crippen molar-refractivity contribution in [3.05, 3.63) is 29.0 Å². The van der Waals surface area contributed by atoms with Gasteiger partial charge in [-0.25, -0.2) is 0 Å². The Morgan fingerprint density at radius 2 is 2.17 bits per heavy atom. The molecule has 0 aromatic carbocycles. The van der Waals surface area contributed by atoms with Crippen LogP contribution in [0.2, 0.25) is 5.02 Å². The topological polar surface area (TPSA) is 33.1 Å². The second kappa shape index (κ2) is 7.37. The van der Waals surface area contributed by atoms with E-state index in [9.17, 15) is 5.11 Å². The molecule has 0 bridgehead atoms. The number of hydrogen-bond acceptors (Lipinski definition) is 3. The lowest BCUT2D eigenvalue weighted by molar-refractivity contribution is 0.200. The Bertz CT molecular complexity index is 369. The Morgan fingerprint density at radius 1 is 1.39 bits per heavy atom. The molecule has 1 aliphatic rings. The van der Waals surface area contributed by atoms with E-state index in [0.717, 1.165) is 16.6 Å². The number of aromatic nitrogens is 1. The fraction of sp³-hybridized carbons (Fsp3) is 0.643. The summed E-state index contributed by atoms with van der Waals surface area (Å²) in [7, 11) is 0. The first-order chi connectivity index (χ1) is 8.75. The number of halogens is 1. The molecule has 2 nitrogen and oxygen atoms in total. The van der Waals surface area contributed by atoms with Gasteiger partial charge in [-0.15, -0.1) is 0 Å². The van der Waals surface area contributed by atoms with Crippen LogP contribution in [0.3, 0.4) is 0 Å². The lowest BCUT2D eigenvalue weighted by Gasteiger charge is -2.22. The third kappa shape index (κ3) is 4.45. The van der Waals surface area contributed by atoms with Gasteiger partial charge in [-0.3, -0.25) is 4.98 Å². The number of hydrogen-bond donors (Lipinski definition) is 1. The maximum Gasteiger partial charge on any atom is 0.0671 e. The summed E-state index contributed by atoms with van der Waals surface area (Å²) >= 11 is 7.96. The van der Waals surface area contributed by atoms with Gasteiger partial charge in [0.25, 0.3) is 0 Å². The van der Waals surface area contributed by atoms with Crippen LogP contribution in [-0.4, -0.2) is 27.2 Å². The molecule has 1 aliphatic carbocycles. The molecule has 1 N–H and O–H groups in total. The molecule has 0 saturated heterocycles. The van der Waals surface area contributed by atoms with Crippen LogP contribution in [0.1, 0.15) is 37.7 Å². The molecule has 1 unspecified atom stereocenters. The van der Waals surface area contributed by atoms with Gasteiger partial charge in [0, 0.05) is 29.8 Å². The van der Waals surface area contributed by atoms with Crippen molar-refractivity contribution in [1.82, 2.24) is 4.98 Å². The Labute approximate surface area is 118 Å². The molecular weight excluding hydrogens is 266 g/mol. The molecule has 100 valence electrons. The van der Waals surface area contributed by atoms with E-state index in [1.807, 2.05) is 17.8 Å². The Balaban J connectivity index is 1.74. The molecular formula is C14H20ClNOS. The molecule has 0 radical (unpaired) electrons. The van der Waals surface area contributed by atoms with E-state index >= 15 is 0 Å². The highest BCUT2D eigenvalue weighted by molar-refractivity contribution is 7.99. The van der Waals surface area contributed by atoms with Crippen molar-refractivity contribution in [2.24, 2.45) is 0 Å². The maximum absolute atomic E-state index is 10.1. The monoisotopic (exact) mass is 285 g/mol. The molecule has 0 amide bonds. The van der Waals surface area contributed by atoms with Crippen molar-refractivity contribution in [2.45, 2.75) is 49.9 Å². The highest BCUT2D eigenvalue weighted by Crippen LogP contribution is 2.29. The number of nitrogens with zero attached hydrogens (tertiary/aromatic N) is 1. The lowest BCUT2D eigenvalue weighted by Crippen LogP contribution is -2.18. The van der Waals surface area contributed by atoms with E-state index in [4.69, 9.17) is 11.6 Å². The molecule has 1 aromatic heterocycles. The van der Waals surface area contributed by atoms with Crippen LogP contribution in [0.15, 0.2) is 18.5 Å². The summed E-state index contributed by atoms with van der Waals surface area (Å²) in [5.41, 5.74) is 0.989.